The number of rotatable bonds is 6. The van der Waals surface area contributed by atoms with Gasteiger partial charge in [-0.25, -0.2) is 0 Å². The fourth-order valence-electron chi connectivity index (χ4n) is 3.47. The van der Waals surface area contributed by atoms with E-state index in [0.29, 0.717) is 48.7 Å². The van der Waals surface area contributed by atoms with E-state index >= 15 is 0 Å². The van der Waals surface area contributed by atoms with Gasteiger partial charge < -0.3 is 10.2 Å². The van der Waals surface area contributed by atoms with Crippen LogP contribution in [0.5, 0.6) is 0 Å². The summed E-state index contributed by atoms with van der Waals surface area (Å²) in [4.78, 5) is 28.9. The number of nitrogens with zero attached hydrogens (tertiary/aromatic N) is 3. The maximum absolute atomic E-state index is 12.6. The van der Waals surface area contributed by atoms with E-state index in [1.165, 1.54) is 0 Å². The molecule has 1 saturated heterocycles. The molecule has 2 aromatic rings. The topological polar surface area (TPSA) is 76.4 Å². The third-order valence-electron chi connectivity index (χ3n) is 5.36. The molecule has 1 fully saturated rings. The average molecular weight is 425 g/mol. The fraction of sp³-hybridized carbons (Fsp3) is 0.348. The quantitative estimate of drug-likeness (QED) is 0.772. The van der Waals surface area contributed by atoms with E-state index in [1.807, 2.05) is 42.2 Å². The van der Waals surface area contributed by atoms with E-state index in [-0.39, 0.29) is 11.8 Å². The standard InChI is InChI=1S/C23H25ClN4O2/c1-17-4-2-3-5-18(17)14-23(30)28-12-10-27(11-13-28)9-8-22(29)26-20-7-6-19(16-25)21(24)15-20/h2-7,15H,8-14H2,1H3,(H,26,29). The molecule has 0 unspecified atom stereocenters. The molecule has 7 heteroatoms. The number of nitrogens with one attached hydrogen (secondary N) is 1. The molecule has 1 heterocycles. The first-order valence-electron chi connectivity index (χ1n) is 10.0. The highest BCUT2D eigenvalue weighted by Gasteiger charge is 2.21. The molecule has 30 heavy (non-hydrogen) atoms. The van der Waals surface area contributed by atoms with Gasteiger partial charge in [-0.05, 0) is 36.2 Å². The number of piperazine rings is 1. The zero-order valence-electron chi connectivity index (χ0n) is 17.0. The zero-order valence-corrected chi connectivity index (χ0v) is 17.8. The first kappa shape index (κ1) is 21.8. The number of nitriles is 1. The molecule has 0 spiro atoms. The number of carbonyl (C=O) groups excluding carboxylic acids is 2. The Bertz CT molecular complexity index is 962. The van der Waals surface area contributed by atoms with E-state index in [9.17, 15) is 9.59 Å². The molecule has 0 atom stereocenters. The van der Waals surface area contributed by atoms with Gasteiger partial charge >= 0.3 is 0 Å². The van der Waals surface area contributed by atoms with Crippen LogP contribution < -0.4 is 5.32 Å². The van der Waals surface area contributed by atoms with Gasteiger partial charge in [-0.2, -0.15) is 5.26 Å². The first-order chi connectivity index (χ1) is 14.5. The lowest BCUT2D eigenvalue weighted by Gasteiger charge is -2.34. The lowest BCUT2D eigenvalue weighted by atomic mass is 10.1. The Balaban J connectivity index is 1.41. The number of hydrogen-bond donors (Lipinski definition) is 1. The first-order valence-corrected chi connectivity index (χ1v) is 10.4. The molecule has 3 rings (SSSR count). The predicted octanol–water partition coefficient (Wildman–Crippen LogP) is 3.24. The molecular formula is C23H25ClN4O2. The van der Waals surface area contributed by atoms with E-state index in [4.69, 9.17) is 16.9 Å². The number of carbonyl (C=O) groups is 2. The summed E-state index contributed by atoms with van der Waals surface area (Å²) in [6.07, 6.45) is 0.789. The average Bonchev–Trinajstić information content (AvgIpc) is 2.74. The van der Waals surface area contributed by atoms with Gasteiger partial charge in [-0.15, -0.1) is 0 Å². The molecule has 0 saturated carbocycles. The minimum atomic E-state index is -0.103. The number of amides is 2. The largest absolute Gasteiger partial charge is 0.340 e. The van der Waals surface area contributed by atoms with E-state index in [0.717, 1.165) is 24.2 Å². The molecule has 0 aliphatic carbocycles. The second-order valence-electron chi connectivity index (χ2n) is 7.43. The lowest BCUT2D eigenvalue weighted by Crippen LogP contribution is -2.49. The van der Waals surface area contributed by atoms with Crippen molar-refractivity contribution in [2.45, 2.75) is 19.8 Å². The number of benzene rings is 2. The number of halogens is 1. The van der Waals surface area contributed by atoms with Crippen LogP contribution in [0, 0.1) is 18.3 Å². The third kappa shape index (κ3) is 5.82. The van der Waals surface area contributed by atoms with Crippen molar-refractivity contribution >= 4 is 29.1 Å². The van der Waals surface area contributed by atoms with E-state index in [1.54, 1.807) is 18.2 Å². The van der Waals surface area contributed by atoms with Gasteiger partial charge in [0.15, 0.2) is 0 Å². The van der Waals surface area contributed by atoms with Gasteiger partial charge in [-0.1, -0.05) is 35.9 Å². The minimum Gasteiger partial charge on any atom is -0.340 e. The summed E-state index contributed by atoms with van der Waals surface area (Å²) in [6.45, 7) is 5.53. The van der Waals surface area contributed by atoms with Crippen LogP contribution >= 0.6 is 11.6 Å². The summed E-state index contributed by atoms with van der Waals surface area (Å²) in [5, 5.41) is 12.0. The van der Waals surface area contributed by atoms with E-state index < -0.39 is 0 Å². The summed E-state index contributed by atoms with van der Waals surface area (Å²) < 4.78 is 0. The Morgan fingerprint density at radius 1 is 1.13 bits per heavy atom. The van der Waals surface area contributed by atoms with Gasteiger partial charge in [0, 0.05) is 44.8 Å². The highest BCUT2D eigenvalue weighted by molar-refractivity contribution is 6.32. The highest BCUT2D eigenvalue weighted by Crippen LogP contribution is 2.20. The Kier molecular flexibility index (Phi) is 7.45. The van der Waals surface area contributed by atoms with Crippen LogP contribution in [0.25, 0.3) is 0 Å². The maximum atomic E-state index is 12.6. The van der Waals surface area contributed by atoms with Crippen LogP contribution in [0.1, 0.15) is 23.1 Å². The minimum absolute atomic E-state index is 0.103. The molecule has 156 valence electrons. The van der Waals surface area contributed by atoms with Crippen molar-refractivity contribution in [1.82, 2.24) is 9.80 Å². The van der Waals surface area contributed by atoms with Crippen molar-refractivity contribution in [1.29, 1.82) is 5.26 Å². The molecule has 6 nitrogen and oxygen atoms in total. The van der Waals surface area contributed by atoms with Crippen molar-refractivity contribution in [3.8, 4) is 6.07 Å². The molecular weight excluding hydrogens is 400 g/mol. The summed E-state index contributed by atoms with van der Waals surface area (Å²) in [7, 11) is 0. The van der Waals surface area contributed by atoms with Crippen molar-refractivity contribution < 1.29 is 9.59 Å². The second-order valence-corrected chi connectivity index (χ2v) is 7.84. The molecule has 0 aromatic heterocycles. The number of hydrogen-bond acceptors (Lipinski definition) is 4. The van der Waals surface area contributed by atoms with Crippen LogP contribution in [-0.4, -0.2) is 54.3 Å². The highest BCUT2D eigenvalue weighted by atomic mass is 35.5. The predicted molar refractivity (Wildman–Crippen MR) is 117 cm³/mol. The summed E-state index contributed by atoms with van der Waals surface area (Å²) in [5.41, 5.74) is 3.17. The zero-order chi connectivity index (χ0) is 21.5. The van der Waals surface area contributed by atoms with E-state index in [2.05, 4.69) is 10.2 Å². The molecule has 0 radical (unpaired) electrons. The van der Waals surface area contributed by atoms with Crippen LogP contribution in [-0.2, 0) is 16.0 Å². The molecule has 2 amide bonds. The summed E-state index contributed by atoms with van der Waals surface area (Å²) >= 11 is 6.00. The van der Waals surface area contributed by atoms with Gasteiger partial charge in [-0.3, -0.25) is 14.5 Å². The van der Waals surface area contributed by atoms with Crippen LogP contribution in [0.15, 0.2) is 42.5 Å². The summed E-state index contributed by atoms with van der Waals surface area (Å²) in [6, 6.07) is 14.8. The monoisotopic (exact) mass is 424 g/mol. The van der Waals surface area contributed by atoms with Crippen molar-refractivity contribution in [3.63, 3.8) is 0 Å². The van der Waals surface area contributed by atoms with Crippen molar-refractivity contribution in [2.24, 2.45) is 0 Å². The molecule has 1 aliphatic rings. The Hall–Kier alpha value is -2.88. The smallest absolute Gasteiger partial charge is 0.227 e. The van der Waals surface area contributed by atoms with Gasteiger partial charge in [0.25, 0.3) is 0 Å². The Morgan fingerprint density at radius 2 is 1.87 bits per heavy atom. The fourth-order valence-corrected chi connectivity index (χ4v) is 3.69. The molecule has 2 aromatic carbocycles. The molecule has 1 aliphatic heterocycles. The summed E-state index contributed by atoms with van der Waals surface area (Å²) in [5.74, 6) is 0.0493. The van der Waals surface area contributed by atoms with Crippen LogP contribution in [0.2, 0.25) is 5.02 Å². The van der Waals surface area contributed by atoms with Crippen LogP contribution in [0.3, 0.4) is 0 Å². The molecule has 1 N–H and O–H groups in total. The number of anilines is 1. The maximum Gasteiger partial charge on any atom is 0.227 e. The second kappa shape index (κ2) is 10.2. The Labute approximate surface area is 182 Å². The SMILES string of the molecule is Cc1ccccc1CC(=O)N1CCN(CCC(=O)Nc2ccc(C#N)c(Cl)c2)CC1. The number of aryl methyl sites for hydroxylation is 1. The normalized spacial score (nSPS) is 14.2. The molecule has 0 bridgehead atoms. The van der Waals surface area contributed by atoms with Crippen LogP contribution in [0.4, 0.5) is 5.69 Å². The Morgan fingerprint density at radius 3 is 2.53 bits per heavy atom. The van der Waals surface area contributed by atoms with Gasteiger partial charge in [0.05, 0.1) is 17.0 Å². The van der Waals surface area contributed by atoms with Gasteiger partial charge in [0.1, 0.15) is 6.07 Å². The van der Waals surface area contributed by atoms with Crippen molar-refractivity contribution in [3.05, 3.63) is 64.2 Å². The third-order valence-corrected chi connectivity index (χ3v) is 5.67. The van der Waals surface area contributed by atoms with Gasteiger partial charge in [0.2, 0.25) is 11.8 Å². The van der Waals surface area contributed by atoms with Crippen molar-refractivity contribution in [2.75, 3.05) is 38.0 Å². The lowest BCUT2D eigenvalue weighted by molar-refractivity contribution is -0.132.